The predicted octanol–water partition coefficient (Wildman–Crippen LogP) is 4.61. The van der Waals surface area contributed by atoms with E-state index in [0.717, 1.165) is 35.2 Å². The van der Waals surface area contributed by atoms with Gasteiger partial charge in [0.05, 0.1) is 31.0 Å². The van der Waals surface area contributed by atoms with Gasteiger partial charge in [-0.1, -0.05) is 24.3 Å². The molecule has 1 aliphatic rings. The van der Waals surface area contributed by atoms with Crippen LogP contribution in [0.3, 0.4) is 0 Å². The molecule has 1 aromatic heterocycles. The van der Waals surface area contributed by atoms with Crippen molar-refractivity contribution in [3.8, 4) is 17.6 Å². The highest BCUT2D eigenvalue weighted by Gasteiger charge is 2.27. The number of carbonyl (C=O) groups is 2. The van der Waals surface area contributed by atoms with E-state index >= 15 is 0 Å². The number of esters is 1. The van der Waals surface area contributed by atoms with E-state index in [0.29, 0.717) is 34.4 Å². The summed E-state index contributed by atoms with van der Waals surface area (Å²) in [6.45, 7) is 0.882. The van der Waals surface area contributed by atoms with E-state index in [9.17, 15) is 14.9 Å². The van der Waals surface area contributed by atoms with Crippen LogP contribution in [0.15, 0.2) is 53.7 Å². The second-order valence-electron chi connectivity index (χ2n) is 8.64. The summed E-state index contributed by atoms with van der Waals surface area (Å²) in [6, 6.07) is 14.8. The highest BCUT2D eigenvalue weighted by molar-refractivity contribution is 6.08. The van der Waals surface area contributed by atoms with Crippen LogP contribution in [-0.4, -0.2) is 37.6 Å². The fourth-order valence-electron chi connectivity index (χ4n) is 4.50. The minimum Gasteiger partial charge on any atom is -0.493 e. The van der Waals surface area contributed by atoms with Gasteiger partial charge in [0.2, 0.25) is 5.78 Å². The second-order valence-corrected chi connectivity index (χ2v) is 8.64. The summed E-state index contributed by atoms with van der Waals surface area (Å²) in [7, 11) is 3.18. The Morgan fingerprint density at radius 1 is 1.11 bits per heavy atom. The highest BCUT2D eigenvalue weighted by atomic mass is 16.5. The fraction of sp³-hybridized carbons (Fsp3) is 0.241. The maximum Gasteiger partial charge on any atom is 0.339 e. The Bertz CT molecular complexity index is 1490. The van der Waals surface area contributed by atoms with Gasteiger partial charge in [-0.2, -0.15) is 5.26 Å². The third-order valence-corrected chi connectivity index (χ3v) is 6.24. The molecule has 0 atom stereocenters. The molecule has 0 fully saturated rings. The molecule has 1 aliphatic carbocycles. The molecule has 1 heterocycles. The number of nitrogens with two attached hydrogens (primary N) is 1. The monoisotopic (exact) mass is 497 g/mol. The Labute approximate surface area is 215 Å². The minimum absolute atomic E-state index is 0.0835. The van der Waals surface area contributed by atoms with E-state index in [-0.39, 0.29) is 11.3 Å². The van der Waals surface area contributed by atoms with Gasteiger partial charge in [0.15, 0.2) is 18.1 Å². The molecule has 8 heteroatoms. The molecular formula is C29H27N3O5. The summed E-state index contributed by atoms with van der Waals surface area (Å²) in [4.78, 5) is 30.6. The van der Waals surface area contributed by atoms with Crippen molar-refractivity contribution >= 4 is 34.3 Å². The first-order chi connectivity index (χ1) is 17.9. The number of methoxy groups -OCH3 is 2. The van der Waals surface area contributed by atoms with Gasteiger partial charge in [-0.25, -0.2) is 9.78 Å². The summed E-state index contributed by atoms with van der Waals surface area (Å²) in [5, 5.41) is 9.83. The number of carbonyl (C=O) groups excluding carboxylic acids is 2. The van der Waals surface area contributed by atoms with Gasteiger partial charge in [0, 0.05) is 11.1 Å². The Kier molecular flexibility index (Phi) is 7.54. The average Bonchev–Trinajstić information content (AvgIpc) is 2.90. The van der Waals surface area contributed by atoms with E-state index in [1.807, 2.05) is 48.5 Å². The zero-order chi connectivity index (χ0) is 26.5. The van der Waals surface area contributed by atoms with E-state index in [4.69, 9.17) is 24.9 Å². The standard InChI is InChI=1S/C29H27N3O5/c1-17(31)22(15-30)24(33)16-37-29(34)27-20-8-4-5-10-23(20)32-28-19(7-6-9-21(27)28)13-18-11-12-25(35-2)26(14-18)36-3/h4-5,8,10-14H,6-7,9,16,31H2,1-3H3/b19-13+,22-17+. The summed E-state index contributed by atoms with van der Waals surface area (Å²) in [6.07, 6.45) is 4.28. The second kappa shape index (κ2) is 11.0. The van der Waals surface area contributed by atoms with Gasteiger partial charge in [-0.3, -0.25) is 4.79 Å². The molecule has 2 aromatic carbocycles. The molecule has 0 saturated carbocycles. The Morgan fingerprint density at radius 3 is 2.57 bits per heavy atom. The van der Waals surface area contributed by atoms with Gasteiger partial charge < -0.3 is 19.9 Å². The number of pyridine rings is 1. The van der Waals surface area contributed by atoms with Gasteiger partial charge in [0.1, 0.15) is 11.6 Å². The number of para-hydroxylation sites is 1. The molecule has 0 radical (unpaired) electrons. The lowest BCUT2D eigenvalue weighted by molar-refractivity contribution is -0.118. The van der Waals surface area contributed by atoms with Crippen molar-refractivity contribution in [3.63, 3.8) is 0 Å². The molecule has 0 aliphatic heterocycles. The van der Waals surface area contributed by atoms with Crippen molar-refractivity contribution in [1.29, 1.82) is 5.26 Å². The molecule has 4 rings (SSSR count). The molecule has 0 amide bonds. The number of rotatable bonds is 7. The van der Waals surface area contributed by atoms with Crippen LogP contribution in [0, 0.1) is 11.3 Å². The average molecular weight is 498 g/mol. The van der Waals surface area contributed by atoms with Crippen molar-refractivity contribution in [1.82, 2.24) is 4.98 Å². The Morgan fingerprint density at radius 2 is 1.86 bits per heavy atom. The maximum atomic E-state index is 13.4. The van der Waals surface area contributed by atoms with Crippen molar-refractivity contribution < 1.29 is 23.8 Å². The number of ketones is 1. The molecule has 37 heavy (non-hydrogen) atoms. The van der Waals surface area contributed by atoms with Crippen molar-refractivity contribution in [2.24, 2.45) is 5.73 Å². The summed E-state index contributed by atoms with van der Waals surface area (Å²) < 4.78 is 16.2. The van der Waals surface area contributed by atoms with Crippen molar-refractivity contribution in [2.75, 3.05) is 20.8 Å². The first kappa shape index (κ1) is 25.5. The molecule has 0 spiro atoms. The van der Waals surface area contributed by atoms with Crippen LogP contribution >= 0.6 is 0 Å². The molecule has 3 aromatic rings. The first-order valence-electron chi connectivity index (χ1n) is 11.8. The summed E-state index contributed by atoms with van der Waals surface area (Å²) in [5.74, 6) is -0.0249. The lowest BCUT2D eigenvalue weighted by atomic mass is 9.86. The number of hydrogen-bond donors (Lipinski definition) is 1. The molecule has 2 N–H and O–H groups in total. The number of fused-ring (bicyclic) bond motifs is 2. The van der Waals surface area contributed by atoms with E-state index in [1.54, 1.807) is 20.3 Å². The largest absolute Gasteiger partial charge is 0.493 e. The topological polar surface area (TPSA) is 125 Å². The van der Waals surface area contributed by atoms with Crippen LogP contribution in [0.25, 0.3) is 22.6 Å². The first-order valence-corrected chi connectivity index (χ1v) is 11.8. The third kappa shape index (κ3) is 5.16. The normalized spacial score (nSPS) is 14.4. The summed E-state index contributed by atoms with van der Waals surface area (Å²) >= 11 is 0. The van der Waals surface area contributed by atoms with Gasteiger partial charge in [0.25, 0.3) is 0 Å². The molecule has 8 nitrogen and oxygen atoms in total. The fourth-order valence-corrected chi connectivity index (χ4v) is 4.50. The van der Waals surface area contributed by atoms with Crippen LogP contribution in [0.4, 0.5) is 0 Å². The quantitative estimate of drug-likeness (QED) is 0.285. The minimum atomic E-state index is -0.642. The van der Waals surface area contributed by atoms with Crippen LogP contribution in [0.5, 0.6) is 11.5 Å². The van der Waals surface area contributed by atoms with Gasteiger partial charge in [-0.15, -0.1) is 0 Å². The van der Waals surface area contributed by atoms with Crippen LogP contribution in [0.2, 0.25) is 0 Å². The Balaban J connectivity index is 1.77. The number of benzene rings is 2. The highest BCUT2D eigenvalue weighted by Crippen LogP contribution is 2.37. The number of hydrogen-bond acceptors (Lipinski definition) is 8. The van der Waals surface area contributed by atoms with E-state index in [2.05, 4.69) is 0 Å². The molecule has 0 bridgehead atoms. The number of ether oxygens (including phenoxy) is 3. The Hall–Kier alpha value is -4.64. The SMILES string of the molecule is COc1ccc(/C=C2\CCCc3c2nc2ccccc2c3C(=O)OCC(=O)/C(C#N)=C(\C)N)cc1OC. The van der Waals surface area contributed by atoms with Crippen molar-refractivity contribution in [3.05, 3.63) is 76.1 Å². The predicted molar refractivity (Wildman–Crippen MR) is 140 cm³/mol. The maximum absolute atomic E-state index is 13.4. The zero-order valence-electron chi connectivity index (χ0n) is 21.0. The van der Waals surface area contributed by atoms with Crippen LogP contribution < -0.4 is 15.2 Å². The van der Waals surface area contributed by atoms with E-state index in [1.165, 1.54) is 6.92 Å². The lowest BCUT2D eigenvalue weighted by Gasteiger charge is -2.22. The van der Waals surface area contributed by atoms with Crippen LogP contribution in [0.1, 0.15) is 46.9 Å². The van der Waals surface area contributed by atoms with Gasteiger partial charge >= 0.3 is 5.97 Å². The number of nitriles is 1. The lowest BCUT2D eigenvalue weighted by Crippen LogP contribution is -2.20. The van der Waals surface area contributed by atoms with E-state index < -0.39 is 18.4 Å². The summed E-state index contributed by atoms with van der Waals surface area (Å²) in [5.41, 5.74) is 9.92. The zero-order valence-corrected chi connectivity index (χ0v) is 21.0. The smallest absolute Gasteiger partial charge is 0.339 e. The van der Waals surface area contributed by atoms with Gasteiger partial charge in [-0.05, 0) is 67.2 Å². The third-order valence-electron chi connectivity index (χ3n) is 6.24. The number of Topliss-reactive ketones (excluding diaryl/α,β-unsaturated/α-hetero) is 1. The van der Waals surface area contributed by atoms with Crippen molar-refractivity contribution in [2.45, 2.75) is 26.2 Å². The molecule has 0 unspecified atom stereocenters. The molecule has 188 valence electrons. The molecule has 0 saturated heterocycles. The number of allylic oxidation sites excluding steroid dienone is 2. The van der Waals surface area contributed by atoms with Crippen LogP contribution in [-0.2, 0) is 16.0 Å². The number of nitrogens with zero attached hydrogens (tertiary/aromatic N) is 2. The number of aromatic nitrogens is 1. The molecular weight excluding hydrogens is 470 g/mol.